The van der Waals surface area contributed by atoms with Crippen LogP contribution in [0.1, 0.15) is 17.2 Å². The van der Waals surface area contributed by atoms with Gasteiger partial charge in [0, 0.05) is 23.9 Å². The van der Waals surface area contributed by atoms with E-state index in [2.05, 4.69) is 21.0 Å². The Bertz CT molecular complexity index is 1350. The summed E-state index contributed by atoms with van der Waals surface area (Å²) in [6.07, 6.45) is -0.675. The second-order valence-electron chi connectivity index (χ2n) is 7.42. The van der Waals surface area contributed by atoms with Crippen molar-refractivity contribution in [1.29, 1.82) is 0 Å². The number of hydrogen-bond acceptors (Lipinski definition) is 7. The van der Waals surface area contributed by atoms with Crippen LogP contribution in [0.4, 0.5) is 19.1 Å². The number of anilines is 1. The Kier molecular flexibility index (Phi) is 6.26. The lowest BCUT2D eigenvalue weighted by Crippen LogP contribution is -2.21. The van der Waals surface area contributed by atoms with Gasteiger partial charge in [0.15, 0.2) is 0 Å². The molecule has 0 bridgehead atoms. The number of rotatable bonds is 2. The zero-order valence-electron chi connectivity index (χ0n) is 17.5. The number of nitrogens with zero attached hydrogens (tertiary/aromatic N) is 4. The van der Waals surface area contributed by atoms with Crippen molar-refractivity contribution in [3.8, 4) is 17.0 Å². The fourth-order valence-electron chi connectivity index (χ4n) is 3.43. The van der Waals surface area contributed by atoms with Crippen LogP contribution in [0, 0.1) is 0 Å². The molecule has 0 fully saturated rings. The number of carbonyl (C=O) groups is 1. The average Bonchev–Trinajstić information content (AvgIpc) is 2.83. The number of alkyl halides is 3. The van der Waals surface area contributed by atoms with Gasteiger partial charge in [-0.2, -0.15) is 13.2 Å². The fourth-order valence-corrected chi connectivity index (χ4v) is 3.43. The molecular formula is C23H18F3N5O3. The van der Waals surface area contributed by atoms with Crippen LogP contribution in [0.25, 0.3) is 22.3 Å². The highest BCUT2D eigenvalue weighted by Crippen LogP contribution is 2.32. The van der Waals surface area contributed by atoms with Crippen molar-refractivity contribution in [2.75, 3.05) is 12.3 Å². The quantitative estimate of drug-likeness (QED) is 0.451. The van der Waals surface area contributed by atoms with Crippen LogP contribution in [0.5, 0.6) is 5.75 Å². The Balaban J connectivity index is 0.000000344. The smallest absolute Gasteiger partial charge is 0.490 e. The highest BCUT2D eigenvalue weighted by atomic mass is 19.4. The van der Waals surface area contributed by atoms with Gasteiger partial charge < -0.3 is 15.6 Å². The van der Waals surface area contributed by atoms with Crippen molar-refractivity contribution in [2.45, 2.75) is 18.5 Å². The first-order chi connectivity index (χ1) is 16.2. The maximum Gasteiger partial charge on any atom is 0.490 e. The summed E-state index contributed by atoms with van der Waals surface area (Å²) in [6, 6.07) is 15.9. The maximum absolute atomic E-state index is 10.6. The molecule has 1 aliphatic rings. The highest BCUT2D eigenvalue weighted by Gasteiger charge is 2.38. The Hall–Kier alpha value is -4.28. The molecule has 0 spiro atoms. The topological polar surface area (TPSA) is 124 Å². The minimum atomic E-state index is -5.08. The van der Waals surface area contributed by atoms with Gasteiger partial charge >= 0.3 is 12.1 Å². The highest BCUT2D eigenvalue weighted by molar-refractivity contribution is 5.80. The summed E-state index contributed by atoms with van der Waals surface area (Å²) in [5.74, 6) is -1.35. The summed E-state index contributed by atoms with van der Waals surface area (Å²) in [5.41, 5.74) is 11.2. The van der Waals surface area contributed by atoms with Crippen LogP contribution in [0.15, 0.2) is 60.9 Å². The number of carboxylic acids is 1. The molecule has 5 rings (SSSR count). The second-order valence-corrected chi connectivity index (χ2v) is 7.42. The van der Waals surface area contributed by atoms with E-state index in [1.807, 2.05) is 48.7 Å². The Labute approximate surface area is 191 Å². The largest absolute Gasteiger partial charge is 0.493 e. The summed E-state index contributed by atoms with van der Waals surface area (Å²) in [6.45, 7) is 0.610. The van der Waals surface area contributed by atoms with Crippen molar-refractivity contribution < 1.29 is 27.8 Å². The molecule has 0 amide bonds. The number of nitrogens with two attached hydrogens (primary N) is 1. The minimum absolute atomic E-state index is 0.190. The summed E-state index contributed by atoms with van der Waals surface area (Å²) in [7, 11) is 0. The van der Waals surface area contributed by atoms with E-state index < -0.39 is 12.1 Å². The number of fused-ring (bicyclic) bond motifs is 2. The van der Waals surface area contributed by atoms with E-state index in [1.165, 1.54) is 5.56 Å². The molecule has 11 heteroatoms. The van der Waals surface area contributed by atoms with Gasteiger partial charge in [-0.3, -0.25) is 4.98 Å². The molecule has 3 heterocycles. The molecule has 0 aliphatic carbocycles. The lowest BCUT2D eigenvalue weighted by molar-refractivity contribution is -0.192. The van der Waals surface area contributed by atoms with Gasteiger partial charge in [-0.25, -0.2) is 19.7 Å². The van der Waals surface area contributed by atoms with E-state index in [9.17, 15) is 13.2 Å². The van der Waals surface area contributed by atoms with Gasteiger partial charge in [-0.1, -0.05) is 24.3 Å². The van der Waals surface area contributed by atoms with Crippen LogP contribution >= 0.6 is 0 Å². The number of aliphatic carboxylic acids is 1. The summed E-state index contributed by atoms with van der Waals surface area (Å²) in [5, 5.41) is 7.12. The number of nitrogen functional groups attached to an aromatic ring is 1. The number of aromatic nitrogens is 4. The SMILES string of the molecule is Nc1nccc(-c2ccc3ncc(C4COc5ccccc5C4)nc3c2)n1.O=C(O)C(F)(F)F. The lowest BCUT2D eigenvalue weighted by Gasteiger charge is -2.24. The molecule has 2 aromatic heterocycles. The predicted molar refractivity (Wildman–Crippen MR) is 117 cm³/mol. The third-order valence-corrected chi connectivity index (χ3v) is 5.07. The van der Waals surface area contributed by atoms with Gasteiger partial charge in [-0.05, 0) is 36.2 Å². The van der Waals surface area contributed by atoms with Crippen LogP contribution in [0.2, 0.25) is 0 Å². The summed E-state index contributed by atoms with van der Waals surface area (Å²) in [4.78, 5) is 26.6. The van der Waals surface area contributed by atoms with Crippen molar-refractivity contribution in [1.82, 2.24) is 19.9 Å². The monoisotopic (exact) mass is 469 g/mol. The molecule has 1 atom stereocenters. The van der Waals surface area contributed by atoms with Crippen LogP contribution in [-0.4, -0.2) is 43.8 Å². The predicted octanol–water partition coefficient (Wildman–Crippen LogP) is 4.02. The molecular weight excluding hydrogens is 451 g/mol. The molecule has 2 aromatic carbocycles. The van der Waals surface area contributed by atoms with Crippen molar-refractivity contribution in [3.05, 3.63) is 72.2 Å². The third-order valence-electron chi connectivity index (χ3n) is 5.07. The number of halogens is 3. The van der Waals surface area contributed by atoms with E-state index >= 15 is 0 Å². The van der Waals surface area contributed by atoms with Crippen molar-refractivity contribution in [3.63, 3.8) is 0 Å². The zero-order chi connectivity index (χ0) is 24.3. The number of para-hydroxylation sites is 1. The van der Waals surface area contributed by atoms with Gasteiger partial charge in [0.2, 0.25) is 5.95 Å². The van der Waals surface area contributed by atoms with Crippen LogP contribution in [0.3, 0.4) is 0 Å². The van der Waals surface area contributed by atoms with Gasteiger partial charge in [-0.15, -0.1) is 0 Å². The molecule has 0 saturated carbocycles. The van der Waals surface area contributed by atoms with Crippen LogP contribution in [-0.2, 0) is 11.2 Å². The van der Waals surface area contributed by atoms with Gasteiger partial charge in [0.1, 0.15) is 5.75 Å². The maximum atomic E-state index is 10.6. The number of hydrogen-bond donors (Lipinski definition) is 2. The van der Waals surface area contributed by atoms with E-state index in [1.54, 1.807) is 6.20 Å². The first-order valence-corrected chi connectivity index (χ1v) is 10.1. The van der Waals surface area contributed by atoms with Gasteiger partial charge in [0.25, 0.3) is 0 Å². The molecule has 1 unspecified atom stereocenters. The molecule has 0 saturated heterocycles. The summed E-state index contributed by atoms with van der Waals surface area (Å²) >= 11 is 0. The first kappa shape index (κ1) is 22.9. The zero-order valence-corrected chi connectivity index (χ0v) is 17.5. The molecule has 8 nitrogen and oxygen atoms in total. The van der Waals surface area contributed by atoms with Crippen molar-refractivity contribution >= 4 is 23.0 Å². The Morgan fingerprint density at radius 1 is 1.06 bits per heavy atom. The minimum Gasteiger partial charge on any atom is -0.493 e. The molecule has 0 radical (unpaired) electrons. The van der Waals surface area contributed by atoms with Crippen LogP contribution < -0.4 is 10.5 Å². The summed E-state index contributed by atoms with van der Waals surface area (Å²) < 4.78 is 37.6. The number of carboxylic acid groups (broad SMARTS) is 1. The molecule has 174 valence electrons. The van der Waals surface area contributed by atoms with E-state index in [-0.39, 0.29) is 11.9 Å². The normalized spacial score (nSPS) is 15.0. The molecule has 34 heavy (non-hydrogen) atoms. The van der Waals surface area contributed by atoms with E-state index in [4.69, 9.17) is 25.4 Å². The average molecular weight is 469 g/mol. The lowest BCUT2D eigenvalue weighted by atomic mass is 9.94. The Morgan fingerprint density at radius 3 is 2.56 bits per heavy atom. The molecule has 3 N–H and O–H groups in total. The Morgan fingerprint density at radius 2 is 1.82 bits per heavy atom. The molecule has 4 aromatic rings. The van der Waals surface area contributed by atoms with E-state index in [0.29, 0.717) is 6.61 Å². The number of ether oxygens (including phenoxy) is 1. The number of benzene rings is 2. The second kappa shape index (κ2) is 9.30. The first-order valence-electron chi connectivity index (χ1n) is 10.1. The fraction of sp³-hybridized carbons (Fsp3) is 0.174. The van der Waals surface area contributed by atoms with Crippen molar-refractivity contribution in [2.24, 2.45) is 0 Å². The third kappa shape index (κ3) is 5.20. The van der Waals surface area contributed by atoms with Gasteiger partial charge in [0.05, 0.1) is 29.0 Å². The standard InChI is InChI=1S/C21H17N5O.C2HF3O2/c22-21-23-8-7-16(26-21)13-5-6-17-18(10-13)25-19(11-24-17)15-9-14-3-1-2-4-20(14)27-12-15;3-2(4,5)1(6)7/h1-8,10-11,15H,9,12H2,(H2,22,23,26);(H,6,7). The molecule has 1 aliphatic heterocycles. The van der Waals surface area contributed by atoms with E-state index in [0.717, 1.165) is 40.2 Å².